The molecule has 0 heterocycles. The number of rotatable bonds is 8. The van der Waals surface area contributed by atoms with Gasteiger partial charge in [0.2, 0.25) is 0 Å². The number of methoxy groups -OCH3 is 1. The largest absolute Gasteiger partial charge is 0.383 e. The monoisotopic (exact) mass is 304 g/mol. The fraction of sp³-hybridized carbons (Fsp3) is 0.611. The Morgan fingerprint density at radius 2 is 1.82 bits per heavy atom. The van der Waals surface area contributed by atoms with Crippen molar-refractivity contribution in [3.63, 3.8) is 0 Å². The molecule has 2 rings (SSSR count). The van der Waals surface area contributed by atoms with Crippen LogP contribution in [0.1, 0.15) is 53.9 Å². The maximum Gasteiger partial charge on any atom is 0.251 e. The van der Waals surface area contributed by atoms with Crippen molar-refractivity contribution in [1.82, 2.24) is 10.6 Å². The Morgan fingerprint density at radius 3 is 2.50 bits per heavy atom. The Labute approximate surface area is 133 Å². The molecule has 0 aromatic heterocycles. The van der Waals surface area contributed by atoms with Crippen molar-refractivity contribution in [2.24, 2.45) is 0 Å². The summed E-state index contributed by atoms with van der Waals surface area (Å²) in [4.78, 5) is 12.1. The van der Waals surface area contributed by atoms with E-state index in [1.165, 1.54) is 37.7 Å². The first kappa shape index (κ1) is 17.0. The van der Waals surface area contributed by atoms with Crippen LogP contribution in [0.15, 0.2) is 24.3 Å². The molecule has 1 aliphatic carbocycles. The van der Waals surface area contributed by atoms with E-state index in [2.05, 4.69) is 22.8 Å². The zero-order chi connectivity index (χ0) is 15.6. The molecule has 4 nitrogen and oxygen atoms in total. The molecule has 1 aliphatic rings. The van der Waals surface area contributed by atoms with Crippen LogP contribution >= 0.6 is 0 Å². The first-order valence-electron chi connectivity index (χ1n) is 8.39. The zero-order valence-electron chi connectivity index (χ0n) is 13.6. The first-order chi connectivity index (χ1) is 10.8. The minimum absolute atomic E-state index is 0.00346. The van der Waals surface area contributed by atoms with Gasteiger partial charge in [0, 0.05) is 32.3 Å². The molecule has 4 heteroatoms. The third-order valence-corrected chi connectivity index (χ3v) is 4.32. The number of ether oxygens (including phenoxy) is 1. The Hall–Kier alpha value is -1.39. The van der Waals surface area contributed by atoms with Crippen LogP contribution in [-0.2, 0) is 4.74 Å². The van der Waals surface area contributed by atoms with Crippen molar-refractivity contribution in [2.45, 2.75) is 38.0 Å². The molecule has 0 unspecified atom stereocenters. The summed E-state index contributed by atoms with van der Waals surface area (Å²) < 4.78 is 4.95. The van der Waals surface area contributed by atoms with Gasteiger partial charge in [-0.25, -0.2) is 0 Å². The Balaban J connectivity index is 1.73. The maximum absolute atomic E-state index is 12.1. The van der Waals surface area contributed by atoms with E-state index in [-0.39, 0.29) is 5.91 Å². The summed E-state index contributed by atoms with van der Waals surface area (Å²) in [5.74, 6) is 0.694. The standard InChI is InChI=1S/C18H28N2O2/c1-22-14-13-19-11-12-20-18(21)17-9-7-16(8-10-17)15-5-3-2-4-6-15/h7-10,15,19H,2-6,11-14H2,1H3,(H,20,21). The second kappa shape index (κ2) is 9.59. The van der Waals surface area contributed by atoms with Crippen molar-refractivity contribution in [3.05, 3.63) is 35.4 Å². The van der Waals surface area contributed by atoms with E-state index in [0.717, 1.165) is 18.7 Å². The van der Waals surface area contributed by atoms with Gasteiger partial charge in [-0.2, -0.15) is 0 Å². The molecular formula is C18H28N2O2. The van der Waals surface area contributed by atoms with E-state index in [0.29, 0.717) is 19.1 Å². The van der Waals surface area contributed by atoms with E-state index in [9.17, 15) is 4.79 Å². The highest BCUT2D eigenvalue weighted by Gasteiger charge is 2.15. The number of carbonyl (C=O) groups excluding carboxylic acids is 1. The third-order valence-electron chi connectivity index (χ3n) is 4.32. The van der Waals surface area contributed by atoms with Gasteiger partial charge in [-0.05, 0) is 36.5 Å². The zero-order valence-corrected chi connectivity index (χ0v) is 13.6. The summed E-state index contributed by atoms with van der Waals surface area (Å²) in [5, 5.41) is 6.14. The summed E-state index contributed by atoms with van der Waals surface area (Å²) in [5.41, 5.74) is 2.13. The van der Waals surface area contributed by atoms with Crippen molar-refractivity contribution >= 4 is 5.91 Å². The normalized spacial score (nSPS) is 15.7. The third kappa shape index (κ3) is 5.43. The van der Waals surface area contributed by atoms with Gasteiger partial charge in [-0.1, -0.05) is 31.4 Å². The molecule has 0 atom stereocenters. The number of nitrogens with one attached hydrogen (secondary N) is 2. The second-order valence-electron chi connectivity index (χ2n) is 5.96. The van der Waals surface area contributed by atoms with Crippen LogP contribution in [0.2, 0.25) is 0 Å². The minimum atomic E-state index is 0.00346. The SMILES string of the molecule is COCCNCCNC(=O)c1ccc(C2CCCCC2)cc1. The molecular weight excluding hydrogens is 276 g/mol. The van der Waals surface area contributed by atoms with Crippen LogP contribution in [0.3, 0.4) is 0 Å². The molecule has 1 amide bonds. The van der Waals surface area contributed by atoms with Crippen molar-refractivity contribution in [2.75, 3.05) is 33.4 Å². The Kier molecular flexibility index (Phi) is 7.40. The lowest BCUT2D eigenvalue weighted by Crippen LogP contribution is -2.33. The fourth-order valence-electron chi connectivity index (χ4n) is 3.01. The number of carbonyl (C=O) groups is 1. The van der Waals surface area contributed by atoms with Gasteiger partial charge < -0.3 is 15.4 Å². The second-order valence-corrected chi connectivity index (χ2v) is 5.96. The van der Waals surface area contributed by atoms with Crippen LogP contribution in [0.25, 0.3) is 0 Å². The number of hydrogen-bond acceptors (Lipinski definition) is 3. The first-order valence-corrected chi connectivity index (χ1v) is 8.39. The summed E-state index contributed by atoms with van der Waals surface area (Å²) in [7, 11) is 1.68. The van der Waals surface area contributed by atoms with Crippen LogP contribution in [-0.4, -0.2) is 39.3 Å². The highest BCUT2D eigenvalue weighted by atomic mass is 16.5. The summed E-state index contributed by atoms with van der Waals surface area (Å²) >= 11 is 0. The summed E-state index contributed by atoms with van der Waals surface area (Å²) in [6.07, 6.45) is 6.62. The van der Waals surface area contributed by atoms with Gasteiger partial charge in [0.15, 0.2) is 0 Å². The lowest BCUT2D eigenvalue weighted by Gasteiger charge is -2.22. The van der Waals surface area contributed by atoms with Gasteiger partial charge in [0.25, 0.3) is 5.91 Å². The van der Waals surface area contributed by atoms with Crippen LogP contribution in [0.5, 0.6) is 0 Å². The average molecular weight is 304 g/mol. The predicted molar refractivity (Wildman–Crippen MR) is 89.3 cm³/mol. The quantitative estimate of drug-likeness (QED) is 0.726. The number of benzene rings is 1. The molecule has 0 bridgehead atoms. The lowest BCUT2D eigenvalue weighted by atomic mass is 9.84. The van der Waals surface area contributed by atoms with E-state index in [4.69, 9.17) is 4.74 Å². The summed E-state index contributed by atoms with van der Waals surface area (Å²) in [6.45, 7) is 2.89. The van der Waals surface area contributed by atoms with Crippen molar-refractivity contribution < 1.29 is 9.53 Å². The van der Waals surface area contributed by atoms with Gasteiger partial charge in [0.1, 0.15) is 0 Å². The maximum atomic E-state index is 12.1. The molecule has 1 fully saturated rings. The van der Waals surface area contributed by atoms with E-state index < -0.39 is 0 Å². The predicted octanol–water partition coefficient (Wildman–Crippen LogP) is 2.70. The van der Waals surface area contributed by atoms with Crippen LogP contribution < -0.4 is 10.6 Å². The molecule has 0 aliphatic heterocycles. The molecule has 0 radical (unpaired) electrons. The van der Waals surface area contributed by atoms with Gasteiger partial charge in [-0.15, -0.1) is 0 Å². The topological polar surface area (TPSA) is 50.4 Å². The van der Waals surface area contributed by atoms with Crippen LogP contribution in [0, 0.1) is 0 Å². The molecule has 2 N–H and O–H groups in total. The van der Waals surface area contributed by atoms with E-state index in [1.54, 1.807) is 7.11 Å². The van der Waals surface area contributed by atoms with Gasteiger partial charge >= 0.3 is 0 Å². The molecule has 1 aromatic carbocycles. The van der Waals surface area contributed by atoms with Gasteiger partial charge in [0.05, 0.1) is 6.61 Å². The molecule has 1 aromatic rings. The molecule has 0 spiro atoms. The Bertz CT molecular complexity index is 439. The van der Waals surface area contributed by atoms with E-state index in [1.807, 2.05) is 12.1 Å². The minimum Gasteiger partial charge on any atom is -0.383 e. The van der Waals surface area contributed by atoms with Crippen LogP contribution in [0.4, 0.5) is 0 Å². The number of hydrogen-bond donors (Lipinski definition) is 2. The van der Waals surface area contributed by atoms with Crippen molar-refractivity contribution in [1.29, 1.82) is 0 Å². The lowest BCUT2D eigenvalue weighted by molar-refractivity contribution is 0.0953. The molecule has 1 saturated carbocycles. The van der Waals surface area contributed by atoms with Gasteiger partial charge in [-0.3, -0.25) is 4.79 Å². The summed E-state index contributed by atoms with van der Waals surface area (Å²) in [6, 6.07) is 8.17. The van der Waals surface area contributed by atoms with E-state index >= 15 is 0 Å². The highest BCUT2D eigenvalue weighted by molar-refractivity contribution is 5.94. The van der Waals surface area contributed by atoms with Crippen molar-refractivity contribution in [3.8, 4) is 0 Å². The molecule has 0 saturated heterocycles. The molecule has 122 valence electrons. The fourth-order valence-corrected chi connectivity index (χ4v) is 3.01. The average Bonchev–Trinajstić information content (AvgIpc) is 2.59. The number of amides is 1. The highest BCUT2D eigenvalue weighted by Crippen LogP contribution is 2.32. The smallest absolute Gasteiger partial charge is 0.251 e. The molecule has 22 heavy (non-hydrogen) atoms. The Morgan fingerprint density at radius 1 is 1.09 bits per heavy atom.